The van der Waals surface area contributed by atoms with E-state index in [1.165, 1.54) is 22.5 Å². The number of hydrogen-bond donors (Lipinski definition) is 0. The molecule has 19 heavy (non-hydrogen) atoms. The molecule has 0 spiro atoms. The summed E-state index contributed by atoms with van der Waals surface area (Å²) in [7, 11) is -3.52. The Hall–Kier alpha value is -0.740. The number of halogens is 1. The van der Waals surface area contributed by atoms with Gasteiger partial charge in [-0.25, -0.2) is 8.42 Å². The molecule has 2 rings (SSSR count). The van der Waals surface area contributed by atoms with Gasteiger partial charge in [0.2, 0.25) is 10.0 Å². The van der Waals surface area contributed by atoms with E-state index in [1.54, 1.807) is 11.8 Å². The highest BCUT2D eigenvalue weighted by Gasteiger charge is 2.29. The Labute approximate surface area is 122 Å². The first-order chi connectivity index (χ1) is 8.95. The molecule has 0 radical (unpaired) electrons. The Morgan fingerprint density at radius 1 is 1.53 bits per heavy atom. The number of hydrogen-bond acceptors (Lipinski definition) is 4. The van der Waals surface area contributed by atoms with Crippen LogP contribution in [0.1, 0.15) is 12.5 Å². The number of sulfonamides is 1. The largest absolute Gasteiger partial charge is 0.243 e. The van der Waals surface area contributed by atoms with Crippen LogP contribution in [-0.2, 0) is 10.0 Å². The molecule has 1 aliphatic rings. The average molecular weight is 317 g/mol. The Morgan fingerprint density at radius 3 is 2.84 bits per heavy atom. The van der Waals surface area contributed by atoms with Gasteiger partial charge in [0.1, 0.15) is 6.07 Å². The van der Waals surface area contributed by atoms with Crippen molar-refractivity contribution < 1.29 is 8.42 Å². The number of thioether (sulfide) groups is 1. The Bertz CT molecular complexity index is 625. The van der Waals surface area contributed by atoms with Gasteiger partial charge in [-0.15, -0.1) is 0 Å². The van der Waals surface area contributed by atoms with E-state index in [4.69, 9.17) is 16.9 Å². The molecule has 0 aromatic heterocycles. The summed E-state index contributed by atoms with van der Waals surface area (Å²) < 4.78 is 26.4. The van der Waals surface area contributed by atoms with Gasteiger partial charge in [0.05, 0.1) is 15.5 Å². The lowest BCUT2D eigenvalue weighted by molar-refractivity contribution is 0.424. The molecule has 1 unspecified atom stereocenters. The predicted octanol–water partition coefficient (Wildman–Crippen LogP) is 2.34. The fourth-order valence-corrected chi connectivity index (χ4v) is 4.97. The van der Waals surface area contributed by atoms with Crippen molar-refractivity contribution in [2.24, 2.45) is 0 Å². The van der Waals surface area contributed by atoms with Gasteiger partial charge in [-0.1, -0.05) is 18.5 Å². The maximum Gasteiger partial charge on any atom is 0.243 e. The van der Waals surface area contributed by atoms with Crippen LogP contribution in [0.3, 0.4) is 0 Å². The summed E-state index contributed by atoms with van der Waals surface area (Å²) in [5, 5.41) is 9.26. The molecule has 1 atom stereocenters. The fraction of sp³-hybridized carbons (Fsp3) is 0.417. The Kier molecular flexibility index (Phi) is 4.41. The highest BCUT2D eigenvalue weighted by molar-refractivity contribution is 8.00. The van der Waals surface area contributed by atoms with Gasteiger partial charge >= 0.3 is 0 Å². The third-order valence-electron chi connectivity index (χ3n) is 2.90. The van der Waals surface area contributed by atoms with Crippen molar-refractivity contribution in [3.8, 4) is 6.07 Å². The summed E-state index contributed by atoms with van der Waals surface area (Å²) in [4.78, 5) is 0.149. The van der Waals surface area contributed by atoms with Crippen molar-refractivity contribution in [3.63, 3.8) is 0 Å². The van der Waals surface area contributed by atoms with E-state index in [9.17, 15) is 8.42 Å². The third kappa shape index (κ3) is 3.06. The molecule has 1 saturated heterocycles. The molecule has 0 N–H and O–H groups in total. The zero-order valence-corrected chi connectivity index (χ0v) is 12.7. The van der Waals surface area contributed by atoms with Gasteiger partial charge in [0, 0.05) is 24.1 Å². The van der Waals surface area contributed by atoms with Crippen molar-refractivity contribution in [1.82, 2.24) is 4.31 Å². The third-order valence-corrected chi connectivity index (χ3v) is 6.21. The smallest absolute Gasteiger partial charge is 0.207 e. The van der Waals surface area contributed by atoms with Crippen LogP contribution in [0, 0.1) is 11.3 Å². The summed E-state index contributed by atoms with van der Waals surface area (Å²) in [6.45, 7) is 3.03. The molecule has 0 bridgehead atoms. The average Bonchev–Trinajstić information content (AvgIpc) is 2.38. The van der Waals surface area contributed by atoms with Crippen LogP contribution in [0.25, 0.3) is 0 Å². The minimum absolute atomic E-state index is 0.149. The van der Waals surface area contributed by atoms with Crippen molar-refractivity contribution in [1.29, 1.82) is 5.26 Å². The molecule has 4 nitrogen and oxygen atoms in total. The molecule has 1 fully saturated rings. The molecule has 0 amide bonds. The summed E-state index contributed by atoms with van der Waals surface area (Å²) >= 11 is 7.66. The zero-order chi connectivity index (χ0) is 14.0. The lowest BCUT2D eigenvalue weighted by atomic mass is 10.2. The molecule has 1 aromatic rings. The van der Waals surface area contributed by atoms with E-state index in [-0.39, 0.29) is 20.7 Å². The maximum atomic E-state index is 12.5. The van der Waals surface area contributed by atoms with Gasteiger partial charge in [-0.3, -0.25) is 0 Å². The van der Waals surface area contributed by atoms with E-state index < -0.39 is 10.0 Å². The first-order valence-electron chi connectivity index (χ1n) is 5.76. The van der Waals surface area contributed by atoms with Gasteiger partial charge < -0.3 is 0 Å². The normalized spacial score (nSPS) is 21.0. The summed E-state index contributed by atoms with van der Waals surface area (Å²) in [5.41, 5.74) is 0.281. The molecular weight excluding hydrogens is 304 g/mol. The van der Waals surface area contributed by atoms with E-state index in [2.05, 4.69) is 0 Å². The molecule has 102 valence electrons. The molecule has 1 aromatic carbocycles. The van der Waals surface area contributed by atoms with Crippen molar-refractivity contribution in [2.45, 2.75) is 17.1 Å². The number of rotatable bonds is 2. The highest BCUT2D eigenvalue weighted by Crippen LogP contribution is 2.26. The molecular formula is C12H13ClN2O2S2. The van der Waals surface area contributed by atoms with Crippen LogP contribution in [0.4, 0.5) is 0 Å². The van der Waals surface area contributed by atoms with E-state index >= 15 is 0 Å². The van der Waals surface area contributed by atoms with Gasteiger partial charge in [0.25, 0.3) is 0 Å². The summed E-state index contributed by atoms with van der Waals surface area (Å²) in [6.07, 6.45) is 0. The minimum atomic E-state index is -3.52. The minimum Gasteiger partial charge on any atom is -0.207 e. The molecule has 0 saturated carbocycles. The first-order valence-corrected chi connectivity index (χ1v) is 8.63. The van der Waals surface area contributed by atoms with Crippen LogP contribution >= 0.6 is 23.4 Å². The lowest BCUT2D eigenvalue weighted by Crippen LogP contribution is -2.40. The van der Waals surface area contributed by atoms with E-state index in [1.807, 2.05) is 13.0 Å². The molecule has 1 aliphatic heterocycles. The first kappa shape index (κ1) is 14.7. The van der Waals surface area contributed by atoms with Crippen LogP contribution in [0.15, 0.2) is 23.1 Å². The molecule has 1 heterocycles. The van der Waals surface area contributed by atoms with Crippen LogP contribution < -0.4 is 0 Å². The summed E-state index contributed by atoms with van der Waals surface area (Å²) in [5.74, 6) is 0.796. The molecule has 0 aliphatic carbocycles. The van der Waals surface area contributed by atoms with Gasteiger partial charge in [0.15, 0.2) is 0 Å². The van der Waals surface area contributed by atoms with Crippen LogP contribution in [0.2, 0.25) is 5.02 Å². The van der Waals surface area contributed by atoms with Crippen molar-refractivity contribution in [3.05, 3.63) is 28.8 Å². The van der Waals surface area contributed by atoms with Crippen molar-refractivity contribution >= 4 is 33.4 Å². The predicted molar refractivity (Wildman–Crippen MR) is 76.8 cm³/mol. The number of nitrogens with zero attached hydrogens (tertiary/aromatic N) is 2. The Morgan fingerprint density at radius 2 is 2.26 bits per heavy atom. The van der Waals surface area contributed by atoms with Gasteiger partial charge in [-0.05, 0) is 18.2 Å². The fourth-order valence-electron chi connectivity index (χ4n) is 1.90. The lowest BCUT2D eigenvalue weighted by Gasteiger charge is -2.29. The molecule has 7 heteroatoms. The van der Waals surface area contributed by atoms with E-state index in [0.29, 0.717) is 13.1 Å². The number of benzene rings is 1. The maximum absolute atomic E-state index is 12.5. The standard InChI is InChI=1S/C12H13ClN2O2S2/c1-9-8-15(4-5-18-9)19(16,17)11-3-2-10(7-14)12(13)6-11/h2-3,6,9H,4-5,8H2,1H3. The monoisotopic (exact) mass is 316 g/mol. The second kappa shape index (κ2) is 5.71. The van der Waals surface area contributed by atoms with Crippen molar-refractivity contribution in [2.75, 3.05) is 18.8 Å². The quantitative estimate of drug-likeness (QED) is 0.840. The van der Waals surface area contributed by atoms with Crippen LogP contribution in [0.5, 0.6) is 0 Å². The second-order valence-electron chi connectivity index (χ2n) is 4.30. The Balaban J connectivity index is 2.34. The summed E-state index contributed by atoms with van der Waals surface area (Å²) in [6, 6.07) is 6.14. The zero-order valence-electron chi connectivity index (χ0n) is 10.3. The van der Waals surface area contributed by atoms with Crippen LogP contribution in [-0.4, -0.2) is 36.8 Å². The topological polar surface area (TPSA) is 61.2 Å². The SMILES string of the molecule is CC1CN(S(=O)(=O)c2ccc(C#N)c(Cl)c2)CCS1. The highest BCUT2D eigenvalue weighted by atomic mass is 35.5. The van der Waals surface area contributed by atoms with E-state index in [0.717, 1.165) is 5.75 Å². The number of nitriles is 1. The second-order valence-corrected chi connectivity index (χ2v) is 8.19. The van der Waals surface area contributed by atoms with Gasteiger partial charge in [-0.2, -0.15) is 21.3 Å².